The van der Waals surface area contributed by atoms with Crippen molar-refractivity contribution in [2.45, 2.75) is 0 Å². The standard InChI is InChI=1S/C15H10BrClN2/c16-13-4-2-6-15(8-13)19-10-12(9-18-19)11-3-1-5-14(17)7-11/h1-10H. The van der Waals surface area contributed by atoms with Crippen molar-refractivity contribution in [3.63, 3.8) is 0 Å². The average molecular weight is 334 g/mol. The van der Waals surface area contributed by atoms with Gasteiger partial charge in [0.05, 0.1) is 11.9 Å². The van der Waals surface area contributed by atoms with Gasteiger partial charge < -0.3 is 0 Å². The minimum absolute atomic E-state index is 0.729. The summed E-state index contributed by atoms with van der Waals surface area (Å²) in [7, 11) is 0. The zero-order valence-corrected chi connectivity index (χ0v) is 12.3. The molecule has 0 unspecified atom stereocenters. The van der Waals surface area contributed by atoms with Crippen LogP contribution in [0.5, 0.6) is 0 Å². The molecule has 0 atom stereocenters. The lowest BCUT2D eigenvalue weighted by Crippen LogP contribution is -1.93. The fraction of sp³-hybridized carbons (Fsp3) is 0. The predicted molar refractivity (Wildman–Crippen MR) is 81.7 cm³/mol. The van der Waals surface area contributed by atoms with Gasteiger partial charge in [0.2, 0.25) is 0 Å². The van der Waals surface area contributed by atoms with E-state index in [0.717, 1.165) is 26.3 Å². The Morgan fingerprint density at radius 1 is 1.00 bits per heavy atom. The highest BCUT2D eigenvalue weighted by molar-refractivity contribution is 9.10. The van der Waals surface area contributed by atoms with Gasteiger partial charge in [0.15, 0.2) is 0 Å². The highest BCUT2D eigenvalue weighted by Gasteiger charge is 2.04. The summed E-state index contributed by atoms with van der Waals surface area (Å²) in [5.74, 6) is 0. The molecule has 0 saturated carbocycles. The molecular formula is C15H10BrClN2. The minimum Gasteiger partial charge on any atom is -0.240 e. The number of nitrogens with zero attached hydrogens (tertiary/aromatic N) is 2. The lowest BCUT2D eigenvalue weighted by Gasteiger charge is -2.01. The van der Waals surface area contributed by atoms with E-state index >= 15 is 0 Å². The number of rotatable bonds is 2. The second kappa shape index (κ2) is 5.19. The van der Waals surface area contributed by atoms with E-state index in [1.54, 1.807) is 0 Å². The number of benzene rings is 2. The molecule has 3 aromatic rings. The molecule has 1 heterocycles. The Morgan fingerprint density at radius 2 is 1.84 bits per heavy atom. The van der Waals surface area contributed by atoms with Gasteiger partial charge in [-0.3, -0.25) is 0 Å². The molecule has 4 heteroatoms. The van der Waals surface area contributed by atoms with E-state index < -0.39 is 0 Å². The molecule has 0 aliphatic heterocycles. The first-order chi connectivity index (χ1) is 9.22. The van der Waals surface area contributed by atoms with E-state index in [1.165, 1.54) is 0 Å². The first kappa shape index (κ1) is 12.5. The van der Waals surface area contributed by atoms with Crippen molar-refractivity contribution in [1.82, 2.24) is 9.78 Å². The molecule has 0 N–H and O–H groups in total. The third kappa shape index (κ3) is 2.72. The summed E-state index contributed by atoms with van der Waals surface area (Å²) in [5.41, 5.74) is 3.12. The number of halogens is 2. The van der Waals surface area contributed by atoms with Crippen LogP contribution in [-0.4, -0.2) is 9.78 Å². The molecule has 0 fully saturated rings. The zero-order valence-electron chi connectivity index (χ0n) is 9.92. The van der Waals surface area contributed by atoms with Crippen LogP contribution in [0.15, 0.2) is 65.4 Å². The monoisotopic (exact) mass is 332 g/mol. The minimum atomic E-state index is 0.729. The third-order valence-corrected chi connectivity index (χ3v) is 3.54. The first-order valence-corrected chi connectivity index (χ1v) is 6.96. The van der Waals surface area contributed by atoms with E-state index in [0.29, 0.717) is 0 Å². The van der Waals surface area contributed by atoms with Gasteiger partial charge in [0.25, 0.3) is 0 Å². The van der Waals surface area contributed by atoms with Gasteiger partial charge in [-0.1, -0.05) is 45.7 Å². The molecule has 3 rings (SSSR count). The molecule has 0 amide bonds. The second-order valence-corrected chi connectivity index (χ2v) is 5.52. The molecule has 0 aliphatic carbocycles. The summed E-state index contributed by atoms with van der Waals surface area (Å²) in [4.78, 5) is 0. The molecule has 0 spiro atoms. The Kier molecular flexibility index (Phi) is 3.40. The highest BCUT2D eigenvalue weighted by atomic mass is 79.9. The van der Waals surface area contributed by atoms with Gasteiger partial charge in [0.1, 0.15) is 0 Å². The Labute approximate surface area is 124 Å². The molecule has 94 valence electrons. The van der Waals surface area contributed by atoms with Crippen molar-refractivity contribution >= 4 is 27.5 Å². The largest absolute Gasteiger partial charge is 0.240 e. The first-order valence-electron chi connectivity index (χ1n) is 5.79. The Hall–Kier alpha value is -1.58. The molecule has 0 bridgehead atoms. The molecule has 0 radical (unpaired) electrons. The summed E-state index contributed by atoms with van der Waals surface area (Å²) in [6.45, 7) is 0. The van der Waals surface area contributed by atoms with Gasteiger partial charge in [-0.15, -0.1) is 0 Å². The van der Waals surface area contributed by atoms with E-state index in [9.17, 15) is 0 Å². The van der Waals surface area contributed by atoms with Crippen molar-refractivity contribution in [2.75, 3.05) is 0 Å². The Balaban J connectivity index is 2.00. The molecule has 2 aromatic carbocycles. The fourth-order valence-corrected chi connectivity index (χ4v) is 2.48. The van der Waals surface area contributed by atoms with Gasteiger partial charge in [-0.25, -0.2) is 4.68 Å². The average Bonchev–Trinajstić information content (AvgIpc) is 2.88. The van der Waals surface area contributed by atoms with Crippen LogP contribution in [0.4, 0.5) is 0 Å². The summed E-state index contributed by atoms with van der Waals surface area (Å²) < 4.78 is 2.88. The molecule has 0 aliphatic rings. The van der Waals surface area contributed by atoms with Crippen molar-refractivity contribution in [3.8, 4) is 16.8 Å². The summed E-state index contributed by atoms with van der Waals surface area (Å²) in [6, 6.07) is 15.8. The van der Waals surface area contributed by atoms with E-state index in [-0.39, 0.29) is 0 Å². The van der Waals surface area contributed by atoms with Gasteiger partial charge >= 0.3 is 0 Å². The van der Waals surface area contributed by atoms with E-state index in [2.05, 4.69) is 21.0 Å². The van der Waals surface area contributed by atoms with Crippen LogP contribution >= 0.6 is 27.5 Å². The van der Waals surface area contributed by atoms with Crippen LogP contribution in [0.2, 0.25) is 5.02 Å². The maximum atomic E-state index is 6.01. The molecule has 1 aromatic heterocycles. The van der Waals surface area contributed by atoms with Crippen LogP contribution in [-0.2, 0) is 0 Å². The summed E-state index contributed by atoms with van der Waals surface area (Å²) in [5, 5.41) is 5.12. The number of hydrogen-bond donors (Lipinski definition) is 0. The topological polar surface area (TPSA) is 17.8 Å². The molecule has 2 nitrogen and oxygen atoms in total. The smallest absolute Gasteiger partial charge is 0.0657 e. The van der Waals surface area contributed by atoms with Crippen LogP contribution in [0.3, 0.4) is 0 Å². The van der Waals surface area contributed by atoms with Crippen LogP contribution in [0, 0.1) is 0 Å². The van der Waals surface area contributed by atoms with Crippen molar-refractivity contribution in [1.29, 1.82) is 0 Å². The van der Waals surface area contributed by atoms with Crippen LogP contribution in [0.25, 0.3) is 16.8 Å². The van der Waals surface area contributed by atoms with Crippen molar-refractivity contribution in [2.24, 2.45) is 0 Å². The lowest BCUT2D eigenvalue weighted by atomic mass is 10.1. The van der Waals surface area contributed by atoms with E-state index in [1.807, 2.05) is 65.6 Å². The molecule has 0 saturated heterocycles. The highest BCUT2D eigenvalue weighted by Crippen LogP contribution is 2.23. The number of aromatic nitrogens is 2. The van der Waals surface area contributed by atoms with Crippen LogP contribution in [0.1, 0.15) is 0 Å². The zero-order chi connectivity index (χ0) is 13.2. The van der Waals surface area contributed by atoms with Gasteiger partial charge in [0, 0.05) is 21.3 Å². The van der Waals surface area contributed by atoms with Crippen molar-refractivity contribution in [3.05, 3.63) is 70.4 Å². The quantitative estimate of drug-likeness (QED) is 0.648. The third-order valence-electron chi connectivity index (χ3n) is 2.81. The van der Waals surface area contributed by atoms with Crippen molar-refractivity contribution < 1.29 is 0 Å². The summed E-state index contributed by atoms with van der Waals surface area (Å²) >= 11 is 9.47. The molecule has 19 heavy (non-hydrogen) atoms. The van der Waals surface area contributed by atoms with Gasteiger partial charge in [-0.2, -0.15) is 5.10 Å². The molecular weight excluding hydrogens is 324 g/mol. The summed E-state index contributed by atoms with van der Waals surface area (Å²) in [6.07, 6.45) is 3.83. The second-order valence-electron chi connectivity index (χ2n) is 4.16. The Morgan fingerprint density at radius 3 is 2.63 bits per heavy atom. The Bertz CT molecular complexity index is 661. The van der Waals surface area contributed by atoms with Crippen LogP contribution < -0.4 is 0 Å². The predicted octanol–water partition coefficient (Wildman–Crippen LogP) is 4.96. The van der Waals surface area contributed by atoms with Gasteiger partial charge in [-0.05, 0) is 35.9 Å². The van der Waals surface area contributed by atoms with E-state index in [4.69, 9.17) is 11.6 Å². The normalized spacial score (nSPS) is 10.6. The SMILES string of the molecule is Clc1cccc(-c2cnn(-c3cccc(Br)c3)c2)c1. The number of hydrogen-bond acceptors (Lipinski definition) is 1. The lowest BCUT2D eigenvalue weighted by molar-refractivity contribution is 0.880. The maximum absolute atomic E-state index is 6.01. The fourth-order valence-electron chi connectivity index (χ4n) is 1.90. The maximum Gasteiger partial charge on any atom is 0.0657 e.